The number of hydrogen-bond donors (Lipinski definition) is 3. The average molecular weight is 346 g/mol. The maximum Gasteiger partial charge on any atom is 0.255 e. The fourth-order valence-electron chi connectivity index (χ4n) is 2.43. The fourth-order valence-corrected chi connectivity index (χ4v) is 2.43. The Labute approximate surface area is 148 Å². The van der Waals surface area contributed by atoms with Gasteiger partial charge in [-0.05, 0) is 30.3 Å². The summed E-state index contributed by atoms with van der Waals surface area (Å²) in [5.74, 6) is -0.876. The van der Waals surface area contributed by atoms with Crippen molar-refractivity contribution < 1.29 is 9.59 Å². The molecule has 3 rings (SSSR count). The molecule has 2 amide bonds. The standard InChI is InChI=1S/C18H14N6O2/c19-9-12-10-22-24(16(12)20)13-5-3-4-11(8-13)18(26)23-15-7-2-1-6-14(15)17(21)25/h1-8,10H,20H2,(H2,21,25)(H,23,26). The molecule has 0 saturated heterocycles. The second-order valence-corrected chi connectivity index (χ2v) is 5.38. The molecule has 3 aromatic rings. The molecule has 8 heteroatoms. The van der Waals surface area contributed by atoms with Gasteiger partial charge in [0.2, 0.25) is 0 Å². The van der Waals surface area contributed by atoms with Crippen molar-refractivity contribution in [3.63, 3.8) is 0 Å². The highest BCUT2D eigenvalue weighted by molar-refractivity contribution is 6.08. The summed E-state index contributed by atoms with van der Waals surface area (Å²) in [6, 6.07) is 15.0. The van der Waals surface area contributed by atoms with Crippen molar-refractivity contribution in [2.24, 2.45) is 5.73 Å². The summed E-state index contributed by atoms with van der Waals surface area (Å²) in [5, 5.41) is 15.7. The van der Waals surface area contributed by atoms with E-state index in [0.29, 0.717) is 16.9 Å². The number of hydrogen-bond acceptors (Lipinski definition) is 5. The number of para-hydroxylation sites is 1. The maximum atomic E-state index is 12.5. The first kappa shape index (κ1) is 16.7. The minimum atomic E-state index is -0.636. The van der Waals surface area contributed by atoms with Crippen LogP contribution in [0, 0.1) is 11.3 Å². The van der Waals surface area contributed by atoms with Crippen LogP contribution in [0.5, 0.6) is 0 Å². The molecule has 0 unspecified atom stereocenters. The number of nitrogen functional groups attached to an aromatic ring is 1. The second kappa shape index (κ2) is 6.78. The Kier molecular flexibility index (Phi) is 4.36. The Hall–Kier alpha value is -4.12. The predicted molar refractivity (Wildman–Crippen MR) is 95.6 cm³/mol. The van der Waals surface area contributed by atoms with Crippen molar-refractivity contribution in [3.05, 3.63) is 71.4 Å². The minimum absolute atomic E-state index is 0.184. The number of carbonyl (C=O) groups is 2. The summed E-state index contributed by atoms with van der Waals surface area (Å²) < 4.78 is 1.37. The molecular weight excluding hydrogens is 332 g/mol. The molecule has 5 N–H and O–H groups in total. The number of benzene rings is 2. The SMILES string of the molecule is N#Cc1cnn(-c2cccc(C(=O)Nc3ccccc3C(N)=O)c2)c1N. The zero-order valence-electron chi connectivity index (χ0n) is 13.5. The molecule has 0 radical (unpaired) electrons. The minimum Gasteiger partial charge on any atom is -0.382 e. The number of aromatic nitrogens is 2. The molecule has 1 heterocycles. The van der Waals surface area contributed by atoms with E-state index in [1.807, 2.05) is 6.07 Å². The van der Waals surface area contributed by atoms with Gasteiger partial charge >= 0.3 is 0 Å². The van der Waals surface area contributed by atoms with Crippen LogP contribution in [0.3, 0.4) is 0 Å². The number of nitrogens with one attached hydrogen (secondary N) is 1. The van der Waals surface area contributed by atoms with Crippen molar-refractivity contribution in [1.29, 1.82) is 5.26 Å². The summed E-state index contributed by atoms with van der Waals surface area (Å²) in [5.41, 5.74) is 12.8. The summed E-state index contributed by atoms with van der Waals surface area (Å²) in [6.07, 6.45) is 1.35. The van der Waals surface area contributed by atoms with Crippen molar-refractivity contribution in [2.45, 2.75) is 0 Å². The third-order valence-electron chi connectivity index (χ3n) is 3.72. The van der Waals surface area contributed by atoms with Gasteiger partial charge in [0.15, 0.2) is 0 Å². The van der Waals surface area contributed by atoms with Crippen molar-refractivity contribution in [2.75, 3.05) is 11.1 Å². The van der Waals surface area contributed by atoms with Gasteiger partial charge in [-0.3, -0.25) is 9.59 Å². The Morgan fingerprint density at radius 1 is 1.15 bits per heavy atom. The molecule has 0 aliphatic carbocycles. The first-order chi connectivity index (χ1) is 12.5. The molecule has 0 atom stereocenters. The third-order valence-corrected chi connectivity index (χ3v) is 3.72. The lowest BCUT2D eigenvalue weighted by atomic mass is 10.1. The quantitative estimate of drug-likeness (QED) is 0.659. The maximum absolute atomic E-state index is 12.5. The van der Waals surface area contributed by atoms with Gasteiger partial charge in [-0.2, -0.15) is 10.4 Å². The molecule has 2 aromatic carbocycles. The molecular formula is C18H14N6O2. The number of nitrogens with zero attached hydrogens (tertiary/aromatic N) is 3. The molecule has 0 aliphatic heterocycles. The lowest BCUT2D eigenvalue weighted by molar-refractivity contribution is 0.100. The summed E-state index contributed by atoms with van der Waals surface area (Å²) in [4.78, 5) is 24.0. The lowest BCUT2D eigenvalue weighted by Crippen LogP contribution is -2.18. The van der Waals surface area contributed by atoms with E-state index in [4.69, 9.17) is 16.7 Å². The largest absolute Gasteiger partial charge is 0.382 e. The molecule has 0 spiro atoms. The van der Waals surface area contributed by atoms with Crippen LogP contribution in [0.25, 0.3) is 5.69 Å². The molecule has 128 valence electrons. The van der Waals surface area contributed by atoms with Crippen molar-refractivity contribution >= 4 is 23.3 Å². The molecule has 1 aromatic heterocycles. The number of nitriles is 1. The normalized spacial score (nSPS) is 10.1. The Morgan fingerprint density at radius 3 is 2.62 bits per heavy atom. The van der Waals surface area contributed by atoms with Gasteiger partial charge in [0, 0.05) is 5.56 Å². The number of rotatable bonds is 4. The van der Waals surface area contributed by atoms with Crippen LogP contribution in [0.15, 0.2) is 54.7 Å². The molecule has 26 heavy (non-hydrogen) atoms. The van der Waals surface area contributed by atoms with Crippen molar-refractivity contribution in [1.82, 2.24) is 9.78 Å². The van der Waals surface area contributed by atoms with E-state index >= 15 is 0 Å². The van der Waals surface area contributed by atoms with E-state index in [1.165, 1.54) is 16.9 Å². The van der Waals surface area contributed by atoms with Crippen LogP contribution >= 0.6 is 0 Å². The van der Waals surface area contributed by atoms with Gasteiger partial charge in [-0.25, -0.2) is 4.68 Å². The third kappa shape index (κ3) is 3.09. The van der Waals surface area contributed by atoms with Crippen LogP contribution in [-0.4, -0.2) is 21.6 Å². The summed E-state index contributed by atoms with van der Waals surface area (Å²) >= 11 is 0. The van der Waals surface area contributed by atoms with E-state index in [-0.39, 0.29) is 16.9 Å². The van der Waals surface area contributed by atoms with Crippen LogP contribution in [0.1, 0.15) is 26.3 Å². The number of anilines is 2. The Morgan fingerprint density at radius 2 is 1.92 bits per heavy atom. The molecule has 0 saturated carbocycles. The monoisotopic (exact) mass is 346 g/mol. The number of primary amides is 1. The number of carbonyl (C=O) groups excluding carboxylic acids is 2. The van der Waals surface area contributed by atoms with Gasteiger partial charge in [-0.1, -0.05) is 18.2 Å². The van der Waals surface area contributed by atoms with Gasteiger partial charge < -0.3 is 16.8 Å². The van der Waals surface area contributed by atoms with Gasteiger partial charge in [0.05, 0.1) is 23.1 Å². The second-order valence-electron chi connectivity index (χ2n) is 5.38. The van der Waals surface area contributed by atoms with Gasteiger partial charge in [0.1, 0.15) is 17.5 Å². The van der Waals surface area contributed by atoms with Crippen LogP contribution in [0.4, 0.5) is 11.5 Å². The fraction of sp³-hybridized carbons (Fsp3) is 0. The van der Waals surface area contributed by atoms with Gasteiger partial charge in [-0.15, -0.1) is 0 Å². The lowest BCUT2D eigenvalue weighted by Gasteiger charge is -2.10. The summed E-state index contributed by atoms with van der Waals surface area (Å²) in [6.45, 7) is 0. The zero-order valence-corrected chi connectivity index (χ0v) is 13.5. The molecule has 8 nitrogen and oxygen atoms in total. The van der Waals surface area contributed by atoms with E-state index in [9.17, 15) is 9.59 Å². The van der Waals surface area contributed by atoms with E-state index in [0.717, 1.165) is 0 Å². The number of amides is 2. The predicted octanol–water partition coefficient (Wildman–Crippen LogP) is 1.68. The number of nitrogens with two attached hydrogens (primary N) is 2. The van der Waals surface area contributed by atoms with Crippen LogP contribution in [0.2, 0.25) is 0 Å². The topological polar surface area (TPSA) is 140 Å². The van der Waals surface area contributed by atoms with E-state index in [1.54, 1.807) is 42.5 Å². The van der Waals surface area contributed by atoms with E-state index < -0.39 is 11.8 Å². The molecule has 0 aliphatic rings. The van der Waals surface area contributed by atoms with Crippen LogP contribution in [-0.2, 0) is 0 Å². The Bertz CT molecular complexity index is 1050. The molecule has 0 fully saturated rings. The van der Waals surface area contributed by atoms with Crippen LogP contribution < -0.4 is 16.8 Å². The Balaban J connectivity index is 1.91. The highest BCUT2D eigenvalue weighted by atomic mass is 16.2. The first-order valence-electron chi connectivity index (χ1n) is 7.55. The molecule has 0 bridgehead atoms. The van der Waals surface area contributed by atoms with Gasteiger partial charge in [0.25, 0.3) is 11.8 Å². The van der Waals surface area contributed by atoms with Crippen molar-refractivity contribution in [3.8, 4) is 11.8 Å². The zero-order chi connectivity index (χ0) is 18.7. The van der Waals surface area contributed by atoms with E-state index in [2.05, 4.69) is 10.4 Å². The smallest absolute Gasteiger partial charge is 0.255 e. The highest BCUT2D eigenvalue weighted by Crippen LogP contribution is 2.19. The first-order valence-corrected chi connectivity index (χ1v) is 7.55. The average Bonchev–Trinajstić information content (AvgIpc) is 3.02. The summed E-state index contributed by atoms with van der Waals surface area (Å²) in [7, 11) is 0. The highest BCUT2D eigenvalue weighted by Gasteiger charge is 2.14.